The third kappa shape index (κ3) is 2.26. The molecule has 0 heterocycles. The van der Waals surface area contributed by atoms with Crippen molar-refractivity contribution in [2.45, 2.75) is 83.2 Å². The van der Waals surface area contributed by atoms with E-state index in [9.17, 15) is 5.11 Å². The van der Waals surface area contributed by atoms with E-state index in [0.29, 0.717) is 5.41 Å². The van der Waals surface area contributed by atoms with Crippen molar-refractivity contribution in [1.82, 2.24) is 0 Å². The predicted molar refractivity (Wildman–Crippen MR) is 82.4 cm³/mol. The minimum absolute atomic E-state index is 0.103. The van der Waals surface area contributed by atoms with E-state index in [1.54, 1.807) is 0 Å². The summed E-state index contributed by atoms with van der Waals surface area (Å²) in [4.78, 5) is 0. The molecular weight excluding hydrogens is 244 g/mol. The highest BCUT2D eigenvalue weighted by atomic mass is 16.3. The van der Waals surface area contributed by atoms with E-state index in [1.165, 1.54) is 82.6 Å². The van der Waals surface area contributed by atoms with Crippen LogP contribution in [-0.4, -0.2) is 11.2 Å². The van der Waals surface area contributed by atoms with Crippen LogP contribution in [0.4, 0.5) is 0 Å². The van der Waals surface area contributed by atoms with Gasteiger partial charge in [-0.25, -0.2) is 0 Å². The van der Waals surface area contributed by atoms with Crippen molar-refractivity contribution in [3.05, 3.63) is 11.6 Å². The molecule has 4 bridgehead atoms. The molecule has 1 unspecified atom stereocenters. The molecule has 0 aromatic heterocycles. The van der Waals surface area contributed by atoms with Gasteiger partial charge in [-0.1, -0.05) is 18.9 Å². The highest BCUT2D eigenvalue weighted by molar-refractivity contribution is 5.17. The molecule has 112 valence electrons. The highest BCUT2D eigenvalue weighted by Crippen LogP contribution is 2.62. The van der Waals surface area contributed by atoms with E-state index >= 15 is 0 Å². The molecule has 4 saturated carbocycles. The van der Waals surface area contributed by atoms with Gasteiger partial charge in [0.25, 0.3) is 0 Å². The maximum atomic E-state index is 11.2. The fraction of sp³-hybridized carbons (Fsp3) is 0.895. The minimum Gasteiger partial charge on any atom is -0.388 e. The number of aliphatic hydroxyl groups excluding tert-OH is 1. The van der Waals surface area contributed by atoms with Gasteiger partial charge in [-0.05, 0) is 87.5 Å². The average Bonchev–Trinajstić information content (AvgIpc) is 2.36. The third-order valence-corrected chi connectivity index (χ3v) is 6.84. The lowest BCUT2D eigenvalue weighted by molar-refractivity contribution is -0.108. The number of allylic oxidation sites excluding steroid dienone is 1. The SMILES string of the molecule is OC(C1=CCCCCCC1)C12CC3CC(CC(C3)C1)C2. The van der Waals surface area contributed by atoms with Crippen molar-refractivity contribution in [1.29, 1.82) is 0 Å². The Kier molecular flexibility index (Phi) is 3.45. The monoisotopic (exact) mass is 274 g/mol. The smallest absolute Gasteiger partial charge is 0.0806 e. The maximum absolute atomic E-state index is 11.2. The molecule has 0 amide bonds. The first-order valence-electron chi connectivity index (χ1n) is 9.12. The summed E-state index contributed by atoms with van der Waals surface area (Å²) in [6.07, 6.45) is 18.5. The molecule has 0 aliphatic heterocycles. The average molecular weight is 274 g/mol. The normalized spacial score (nSPS) is 45.6. The van der Waals surface area contributed by atoms with Crippen molar-refractivity contribution in [2.24, 2.45) is 23.2 Å². The van der Waals surface area contributed by atoms with Crippen molar-refractivity contribution in [3.8, 4) is 0 Å². The number of rotatable bonds is 2. The van der Waals surface area contributed by atoms with Crippen molar-refractivity contribution in [2.75, 3.05) is 0 Å². The Morgan fingerprint density at radius 1 is 0.900 bits per heavy atom. The van der Waals surface area contributed by atoms with Crippen LogP contribution in [0.25, 0.3) is 0 Å². The lowest BCUT2D eigenvalue weighted by atomic mass is 9.47. The van der Waals surface area contributed by atoms with Crippen LogP contribution in [0.15, 0.2) is 11.6 Å². The Labute approximate surface area is 123 Å². The van der Waals surface area contributed by atoms with E-state index in [-0.39, 0.29) is 6.10 Å². The van der Waals surface area contributed by atoms with Gasteiger partial charge >= 0.3 is 0 Å². The Morgan fingerprint density at radius 2 is 1.50 bits per heavy atom. The van der Waals surface area contributed by atoms with E-state index < -0.39 is 0 Å². The van der Waals surface area contributed by atoms with Gasteiger partial charge in [0.05, 0.1) is 6.10 Å². The molecule has 4 fully saturated rings. The molecule has 0 aromatic rings. The van der Waals surface area contributed by atoms with Crippen LogP contribution >= 0.6 is 0 Å². The topological polar surface area (TPSA) is 20.2 Å². The molecule has 1 atom stereocenters. The number of hydrogen-bond acceptors (Lipinski definition) is 1. The van der Waals surface area contributed by atoms with Gasteiger partial charge in [0.2, 0.25) is 0 Å². The van der Waals surface area contributed by atoms with Crippen LogP contribution in [0.5, 0.6) is 0 Å². The minimum atomic E-state index is -0.103. The second-order valence-corrected chi connectivity index (χ2v) is 8.41. The number of hydrogen-bond donors (Lipinski definition) is 1. The molecule has 20 heavy (non-hydrogen) atoms. The highest BCUT2D eigenvalue weighted by Gasteiger charge is 2.54. The van der Waals surface area contributed by atoms with Gasteiger partial charge in [0.1, 0.15) is 0 Å². The summed E-state index contributed by atoms with van der Waals surface area (Å²) in [5, 5.41) is 11.2. The fourth-order valence-corrected chi connectivity index (χ4v) is 6.37. The zero-order chi connectivity index (χ0) is 13.6. The lowest BCUT2D eigenvalue weighted by Crippen LogP contribution is -2.52. The fourth-order valence-electron chi connectivity index (χ4n) is 6.37. The van der Waals surface area contributed by atoms with Crippen LogP contribution in [-0.2, 0) is 0 Å². The molecule has 0 radical (unpaired) electrons. The number of aliphatic hydroxyl groups is 1. The summed E-state index contributed by atoms with van der Waals surface area (Å²) in [6, 6.07) is 0. The second-order valence-electron chi connectivity index (χ2n) is 8.41. The third-order valence-electron chi connectivity index (χ3n) is 6.84. The van der Waals surface area contributed by atoms with E-state index in [2.05, 4.69) is 6.08 Å². The summed E-state index contributed by atoms with van der Waals surface area (Å²) in [5.74, 6) is 2.85. The van der Waals surface area contributed by atoms with Gasteiger partial charge in [-0.3, -0.25) is 0 Å². The van der Waals surface area contributed by atoms with Crippen LogP contribution in [0.1, 0.15) is 77.0 Å². The Balaban J connectivity index is 1.56. The quantitative estimate of drug-likeness (QED) is 0.714. The molecule has 5 aliphatic carbocycles. The molecule has 1 N–H and O–H groups in total. The van der Waals surface area contributed by atoms with Crippen LogP contribution < -0.4 is 0 Å². The predicted octanol–water partition coefficient (Wildman–Crippen LogP) is 4.84. The van der Waals surface area contributed by atoms with Crippen LogP contribution in [0.2, 0.25) is 0 Å². The Bertz CT molecular complexity index is 359. The van der Waals surface area contributed by atoms with Gasteiger partial charge in [-0.15, -0.1) is 0 Å². The maximum Gasteiger partial charge on any atom is 0.0806 e. The molecule has 0 aromatic carbocycles. The van der Waals surface area contributed by atoms with Crippen LogP contribution in [0.3, 0.4) is 0 Å². The van der Waals surface area contributed by atoms with Gasteiger partial charge in [-0.2, -0.15) is 0 Å². The van der Waals surface area contributed by atoms with E-state index in [4.69, 9.17) is 0 Å². The van der Waals surface area contributed by atoms with Crippen molar-refractivity contribution in [3.63, 3.8) is 0 Å². The van der Waals surface area contributed by atoms with E-state index in [0.717, 1.165) is 17.8 Å². The summed E-state index contributed by atoms with van der Waals surface area (Å²) in [6.45, 7) is 0. The molecule has 5 aliphatic rings. The lowest BCUT2D eigenvalue weighted by Gasteiger charge is -2.58. The largest absolute Gasteiger partial charge is 0.388 e. The first kappa shape index (κ1) is 13.4. The van der Waals surface area contributed by atoms with Crippen molar-refractivity contribution < 1.29 is 5.11 Å². The molecule has 5 rings (SSSR count). The summed E-state index contributed by atoms with van der Waals surface area (Å²) >= 11 is 0. The Hall–Kier alpha value is -0.300. The van der Waals surface area contributed by atoms with Gasteiger partial charge < -0.3 is 5.11 Å². The van der Waals surface area contributed by atoms with Crippen molar-refractivity contribution >= 4 is 0 Å². The summed E-state index contributed by atoms with van der Waals surface area (Å²) in [5.41, 5.74) is 1.71. The second kappa shape index (κ2) is 5.16. The molecular formula is C19H30O. The molecule has 1 nitrogen and oxygen atoms in total. The standard InChI is InChI=1S/C19H30O/c20-18(17-6-4-2-1-3-5-7-17)19-11-14-8-15(12-19)10-16(9-14)13-19/h6,14-16,18,20H,1-5,7-13H2. The Morgan fingerprint density at radius 3 is 2.15 bits per heavy atom. The zero-order valence-corrected chi connectivity index (χ0v) is 12.8. The molecule has 1 heteroatoms. The first-order valence-corrected chi connectivity index (χ1v) is 9.12. The molecule has 0 spiro atoms. The van der Waals surface area contributed by atoms with Gasteiger partial charge in [0.15, 0.2) is 0 Å². The van der Waals surface area contributed by atoms with E-state index in [1.807, 2.05) is 0 Å². The first-order chi connectivity index (χ1) is 9.75. The zero-order valence-electron chi connectivity index (χ0n) is 12.8. The molecule has 0 saturated heterocycles. The van der Waals surface area contributed by atoms with Crippen LogP contribution in [0, 0.1) is 23.2 Å². The summed E-state index contributed by atoms with van der Waals surface area (Å²) in [7, 11) is 0. The van der Waals surface area contributed by atoms with Gasteiger partial charge in [0, 0.05) is 5.41 Å². The summed E-state index contributed by atoms with van der Waals surface area (Å²) < 4.78 is 0.